The molecule has 0 saturated heterocycles. The minimum atomic E-state index is -1.03. The minimum Gasteiger partial charge on any atom is -0.452 e. The number of imide groups is 1. The van der Waals surface area contributed by atoms with Gasteiger partial charge < -0.3 is 10.1 Å². The topological polar surface area (TPSA) is 84.5 Å². The number of urea groups is 1. The van der Waals surface area contributed by atoms with Crippen LogP contribution < -0.4 is 10.6 Å². The van der Waals surface area contributed by atoms with E-state index in [1.807, 2.05) is 31.2 Å². The molecular weight excluding hydrogens is 284 g/mol. The summed E-state index contributed by atoms with van der Waals surface area (Å²) in [5, 5.41) is 4.64. The molecule has 6 nitrogen and oxygen atoms in total. The molecule has 0 spiro atoms. The van der Waals surface area contributed by atoms with E-state index in [0.717, 1.165) is 11.1 Å². The van der Waals surface area contributed by atoms with E-state index in [4.69, 9.17) is 4.74 Å². The van der Waals surface area contributed by atoms with Crippen molar-refractivity contribution in [2.75, 3.05) is 0 Å². The molecule has 0 aliphatic carbocycles. The molecule has 2 N–H and O–H groups in total. The van der Waals surface area contributed by atoms with Crippen LogP contribution in [0.4, 0.5) is 4.79 Å². The summed E-state index contributed by atoms with van der Waals surface area (Å²) >= 11 is 0. The average Bonchev–Trinajstić information content (AvgIpc) is 2.40. The highest BCUT2D eigenvalue weighted by Gasteiger charge is 2.20. The van der Waals surface area contributed by atoms with Crippen molar-refractivity contribution in [1.82, 2.24) is 10.6 Å². The van der Waals surface area contributed by atoms with E-state index in [9.17, 15) is 14.4 Å². The Morgan fingerprint density at radius 3 is 2.36 bits per heavy atom. The van der Waals surface area contributed by atoms with Crippen molar-refractivity contribution in [3.05, 3.63) is 35.4 Å². The number of hydrogen-bond acceptors (Lipinski definition) is 4. The van der Waals surface area contributed by atoms with Crippen LogP contribution in [0, 0.1) is 6.92 Å². The van der Waals surface area contributed by atoms with E-state index in [-0.39, 0.29) is 12.5 Å². The lowest BCUT2D eigenvalue weighted by Gasteiger charge is -2.14. The van der Waals surface area contributed by atoms with Gasteiger partial charge in [0.1, 0.15) is 0 Å². The average molecular weight is 306 g/mol. The van der Waals surface area contributed by atoms with Gasteiger partial charge in [0.25, 0.3) is 5.91 Å². The van der Waals surface area contributed by atoms with E-state index in [1.165, 1.54) is 6.92 Å². The van der Waals surface area contributed by atoms with Gasteiger partial charge in [0.2, 0.25) is 0 Å². The summed E-state index contributed by atoms with van der Waals surface area (Å²) in [5.41, 5.74) is 1.82. The molecule has 0 radical (unpaired) electrons. The van der Waals surface area contributed by atoms with Crippen LogP contribution in [0.25, 0.3) is 0 Å². The Balaban J connectivity index is 2.48. The van der Waals surface area contributed by atoms with Gasteiger partial charge >= 0.3 is 12.0 Å². The maximum Gasteiger partial charge on any atom is 0.321 e. The number of benzene rings is 1. The first-order chi connectivity index (χ1) is 10.3. The fourth-order valence-electron chi connectivity index (χ4n) is 1.77. The molecule has 1 atom stereocenters. The lowest BCUT2D eigenvalue weighted by molar-refractivity contribution is -0.153. The van der Waals surface area contributed by atoms with Gasteiger partial charge in [-0.05, 0) is 38.8 Å². The predicted octanol–water partition coefficient (Wildman–Crippen LogP) is 1.70. The van der Waals surface area contributed by atoms with Crippen LogP contribution in [0.1, 0.15) is 31.9 Å². The smallest absolute Gasteiger partial charge is 0.321 e. The molecule has 0 aromatic heterocycles. The summed E-state index contributed by atoms with van der Waals surface area (Å²) in [7, 11) is 0. The summed E-state index contributed by atoms with van der Waals surface area (Å²) < 4.78 is 5.05. The van der Waals surface area contributed by atoms with E-state index >= 15 is 0 Å². The van der Waals surface area contributed by atoms with Gasteiger partial charge in [0.15, 0.2) is 6.10 Å². The normalized spacial score (nSPS) is 11.7. The SMILES string of the molecule is Cc1ccccc1CC(=O)O[C@H](C)C(=O)NC(=O)NC(C)C. The fraction of sp³-hybridized carbons (Fsp3) is 0.438. The molecule has 0 bridgehead atoms. The summed E-state index contributed by atoms with van der Waals surface area (Å²) in [5.74, 6) is -1.17. The number of carbonyl (C=O) groups is 3. The minimum absolute atomic E-state index is 0.0858. The number of aryl methyl sites for hydroxylation is 1. The predicted molar refractivity (Wildman–Crippen MR) is 82.2 cm³/mol. The van der Waals surface area contributed by atoms with Crippen LogP contribution in [0.3, 0.4) is 0 Å². The van der Waals surface area contributed by atoms with E-state index in [0.29, 0.717) is 0 Å². The Labute approximate surface area is 130 Å². The van der Waals surface area contributed by atoms with Crippen molar-refractivity contribution >= 4 is 17.9 Å². The van der Waals surface area contributed by atoms with Crippen molar-refractivity contribution in [1.29, 1.82) is 0 Å². The molecule has 0 aliphatic heterocycles. The van der Waals surface area contributed by atoms with Crippen LogP contribution in [0.5, 0.6) is 0 Å². The summed E-state index contributed by atoms with van der Waals surface area (Å²) in [6, 6.07) is 6.75. The Kier molecular flexibility index (Phi) is 6.56. The molecule has 0 heterocycles. The molecule has 1 rings (SSSR count). The third-order valence-corrected chi connectivity index (χ3v) is 2.93. The maximum absolute atomic E-state index is 11.8. The molecule has 1 aromatic rings. The van der Waals surface area contributed by atoms with Gasteiger partial charge in [-0.15, -0.1) is 0 Å². The first-order valence-corrected chi connectivity index (χ1v) is 7.15. The highest BCUT2D eigenvalue weighted by molar-refractivity contribution is 5.97. The van der Waals surface area contributed by atoms with E-state index in [2.05, 4.69) is 10.6 Å². The highest BCUT2D eigenvalue weighted by Crippen LogP contribution is 2.09. The number of nitrogens with one attached hydrogen (secondary N) is 2. The second kappa shape index (κ2) is 8.17. The summed E-state index contributed by atoms with van der Waals surface area (Å²) in [6.45, 7) is 6.87. The van der Waals surface area contributed by atoms with Crippen LogP contribution >= 0.6 is 0 Å². The van der Waals surface area contributed by atoms with Crippen LogP contribution in [-0.2, 0) is 20.7 Å². The van der Waals surface area contributed by atoms with Crippen LogP contribution in [0.2, 0.25) is 0 Å². The largest absolute Gasteiger partial charge is 0.452 e. The first-order valence-electron chi connectivity index (χ1n) is 7.15. The zero-order valence-corrected chi connectivity index (χ0v) is 13.3. The monoisotopic (exact) mass is 306 g/mol. The Morgan fingerprint density at radius 2 is 1.77 bits per heavy atom. The molecule has 6 heteroatoms. The number of rotatable bonds is 5. The standard InChI is InChI=1S/C16H22N2O4/c1-10(2)17-16(21)18-15(20)12(4)22-14(19)9-13-8-6-5-7-11(13)3/h5-8,10,12H,9H2,1-4H3,(H2,17,18,20,21)/t12-/m1/s1. The van der Waals surface area contributed by atoms with Crippen molar-refractivity contribution < 1.29 is 19.1 Å². The Hall–Kier alpha value is -2.37. The van der Waals surface area contributed by atoms with Crippen molar-refractivity contribution in [2.45, 2.75) is 46.3 Å². The van der Waals surface area contributed by atoms with Gasteiger partial charge in [-0.3, -0.25) is 14.9 Å². The van der Waals surface area contributed by atoms with Gasteiger partial charge in [-0.25, -0.2) is 4.79 Å². The number of amides is 3. The number of carbonyl (C=O) groups excluding carboxylic acids is 3. The quantitative estimate of drug-likeness (QED) is 0.811. The first kappa shape index (κ1) is 17.7. The van der Waals surface area contributed by atoms with E-state index < -0.39 is 24.0 Å². The zero-order chi connectivity index (χ0) is 16.7. The zero-order valence-electron chi connectivity index (χ0n) is 13.3. The molecule has 0 fully saturated rings. The van der Waals surface area contributed by atoms with E-state index in [1.54, 1.807) is 13.8 Å². The fourth-order valence-corrected chi connectivity index (χ4v) is 1.77. The number of esters is 1. The third kappa shape index (κ3) is 5.95. The van der Waals surface area contributed by atoms with Gasteiger partial charge in [-0.2, -0.15) is 0 Å². The van der Waals surface area contributed by atoms with Crippen molar-refractivity contribution in [3.63, 3.8) is 0 Å². The molecule has 0 aliphatic rings. The second-order valence-electron chi connectivity index (χ2n) is 5.35. The lowest BCUT2D eigenvalue weighted by Crippen LogP contribution is -2.46. The van der Waals surface area contributed by atoms with Crippen LogP contribution in [-0.4, -0.2) is 30.1 Å². The molecule has 0 unspecified atom stereocenters. The van der Waals surface area contributed by atoms with Crippen molar-refractivity contribution in [2.24, 2.45) is 0 Å². The van der Waals surface area contributed by atoms with Gasteiger partial charge in [0, 0.05) is 6.04 Å². The highest BCUT2D eigenvalue weighted by atomic mass is 16.5. The molecule has 0 saturated carbocycles. The van der Waals surface area contributed by atoms with Gasteiger partial charge in [0.05, 0.1) is 6.42 Å². The molecule has 3 amide bonds. The second-order valence-corrected chi connectivity index (χ2v) is 5.35. The molecular formula is C16H22N2O4. The third-order valence-electron chi connectivity index (χ3n) is 2.93. The number of hydrogen-bond donors (Lipinski definition) is 2. The lowest BCUT2D eigenvalue weighted by atomic mass is 10.1. The Bertz CT molecular complexity index is 555. The van der Waals surface area contributed by atoms with Crippen LogP contribution in [0.15, 0.2) is 24.3 Å². The molecule has 22 heavy (non-hydrogen) atoms. The van der Waals surface area contributed by atoms with Crippen molar-refractivity contribution in [3.8, 4) is 0 Å². The summed E-state index contributed by atoms with van der Waals surface area (Å²) in [6.07, 6.45) is -0.947. The number of ether oxygens (including phenoxy) is 1. The molecule has 1 aromatic carbocycles. The maximum atomic E-state index is 11.8. The molecule has 120 valence electrons. The summed E-state index contributed by atoms with van der Waals surface area (Å²) in [4.78, 5) is 35.0. The van der Waals surface area contributed by atoms with Gasteiger partial charge in [-0.1, -0.05) is 24.3 Å². The Morgan fingerprint density at radius 1 is 1.14 bits per heavy atom.